The minimum atomic E-state index is -0.144. The summed E-state index contributed by atoms with van der Waals surface area (Å²) in [6, 6.07) is 14.4. The average molecular weight is 351 g/mol. The van der Waals surface area contributed by atoms with E-state index in [4.69, 9.17) is 27.9 Å². The molecule has 2 aromatic carbocycles. The van der Waals surface area contributed by atoms with Crippen LogP contribution in [0, 0.1) is 0 Å². The number of nitrogens with one attached hydrogen (secondary N) is 1. The van der Waals surface area contributed by atoms with Crippen LogP contribution in [0.25, 0.3) is 0 Å². The van der Waals surface area contributed by atoms with Gasteiger partial charge >= 0.3 is 6.03 Å². The molecule has 120 valence electrons. The van der Waals surface area contributed by atoms with E-state index in [2.05, 4.69) is 5.32 Å². The summed E-state index contributed by atoms with van der Waals surface area (Å²) >= 11 is 11.8. The first kappa shape index (κ1) is 16.1. The van der Waals surface area contributed by atoms with E-state index < -0.39 is 0 Å². The van der Waals surface area contributed by atoms with Gasteiger partial charge in [0.15, 0.2) is 0 Å². The Balaban J connectivity index is 1.64. The number of halogens is 2. The Labute approximate surface area is 144 Å². The zero-order valence-electron chi connectivity index (χ0n) is 12.3. The molecule has 1 fully saturated rings. The van der Waals surface area contributed by atoms with Gasteiger partial charge in [-0.05, 0) is 42.0 Å². The summed E-state index contributed by atoms with van der Waals surface area (Å²) in [6.07, 6.45) is -0.142. The number of rotatable bonds is 2. The molecule has 23 heavy (non-hydrogen) atoms. The largest absolute Gasteiger partial charge is 0.370 e. The molecule has 0 spiro atoms. The zero-order chi connectivity index (χ0) is 16.2. The minimum absolute atomic E-state index is 0.142. The molecule has 0 aliphatic carbocycles. The van der Waals surface area contributed by atoms with E-state index in [-0.39, 0.29) is 12.1 Å². The van der Waals surface area contributed by atoms with Crippen molar-refractivity contribution < 1.29 is 9.53 Å². The van der Waals surface area contributed by atoms with Gasteiger partial charge in [-0.2, -0.15) is 0 Å². The molecule has 3 rings (SSSR count). The Morgan fingerprint density at radius 3 is 2.30 bits per heavy atom. The second kappa shape index (κ2) is 7.21. The van der Waals surface area contributed by atoms with Gasteiger partial charge in [0.25, 0.3) is 0 Å². The van der Waals surface area contributed by atoms with Crippen molar-refractivity contribution in [2.45, 2.75) is 6.10 Å². The van der Waals surface area contributed by atoms with Crippen LogP contribution in [-0.2, 0) is 4.74 Å². The lowest BCUT2D eigenvalue weighted by Crippen LogP contribution is -2.44. The fraction of sp³-hybridized carbons (Fsp3) is 0.235. The van der Waals surface area contributed by atoms with Gasteiger partial charge in [-0.15, -0.1) is 0 Å². The van der Waals surface area contributed by atoms with Crippen LogP contribution in [0.15, 0.2) is 48.5 Å². The molecule has 6 heteroatoms. The van der Waals surface area contributed by atoms with Crippen LogP contribution in [0.3, 0.4) is 0 Å². The van der Waals surface area contributed by atoms with Crippen molar-refractivity contribution in [2.75, 3.05) is 25.0 Å². The molecule has 1 aliphatic heterocycles. The number of amides is 2. The molecule has 1 heterocycles. The van der Waals surface area contributed by atoms with E-state index in [1.807, 2.05) is 24.3 Å². The normalized spacial score (nSPS) is 17.8. The summed E-state index contributed by atoms with van der Waals surface area (Å²) in [5, 5.41) is 4.19. The van der Waals surface area contributed by atoms with Crippen molar-refractivity contribution >= 4 is 34.9 Å². The number of hydrogen-bond donors (Lipinski definition) is 1. The van der Waals surface area contributed by atoms with Crippen LogP contribution >= 0.6 is 23.2 Å². The summed E-state index contributed by atoms with van der Waals surface area (Å²) in [4.78, 5) is 14.1. The van der Waals surface area contributed by atoms with Crippen LogP contribution < -0.4 is 5.32 Å². The number of ether oxygens (including phenoxy) is 1. The third-order valence-corrected chi connectivity index (χ3v) is 4.19. The lowest BCUT2D eigenvalue weighted by molar-refractivity contribution is -0.0135. The highest BCUT2D eigenvalue weighted by molar-refractivity contribution is 6.30. The first-order valence-corrected chi connectivity index (χ1v) is 8.06. The Kier molecular flexibility index (Phi) is 5.06. The summed E-state index contributed by atoms with van der Waals surface area (Å²) < 4.78 is 5.77. The Morgan fingerprint density at radius 2 is 1.65 bits per heavy atom. The van der Waals surface area contributed by atoms with Gasteiger partial charge in [-0.25, -0.2) is 4.79 Å². The third kappa shape index (κ3) is 4.16. The number of benzene rings is 2. The fourth-order valence-electron chi connectivity index (χ4n) is 2.45. The summed E-state index contributed by atoms with van der Waals surface area (Å²) in [5.74, 6) is 0. The van der Waals surface area contributed by atoms with Crippen LogP contribution in [0.2, 0.25) is 10.0 Å². The van der Waals surface area contributed by atoms with Crippen LogP contribution in [-0.4, -0.2) is 30.6 Å². The van der Waals surface area contributed by atoms with Gasteiger partial charge in [0.05, 0.1) is 13.2 Å². The highest BCUT2D eigenvalue weighted by atomic mass is 35.5. The number of anilines is 1. The molecule has 4 nitrogen and oxygen atoms in total. The highest BCUT2D eigenvalue weighted by Gasteiger charge is 2.25. The SMILES string of the molecule is O=C(Nc1ccc(Cl)cc1)N1CCOC(c2ccc(Cl)cc2)C1. The maximum atomic E-state index is 12.4. The second-order valence-corrected chi connectivity index (χ2v) is 6.17. The summed E-state index contributed by atoms with van der Waals surface area (Å²) in [7, 11) is 0. The van der Waals surface area contributed by atoms with Crippen molar-refractivity contribution in [3.05, 3.63) is 64.1 Å². The zero-order valence-corrected chi connectivity index (χ0v) is 13.8. The topological polar surface area (TPSA) is 41.6 Å². The molecule has 0 aromatic heterocycles. The number of hydrogen-bond acceptors (Lipinski definition) is 2. The second-order valence-electron chi connectivity index (χ2n) is 5.29. The molecule has 0 saturated carbocycles. The predicted molar refractivity (Wildman–Crippen MR) is 92.2 cm³/mol. The average Bonchev–Trinajstić information content (AvgIpc) is 2.58. The van der Waals surface area contributed by atoms with E-state index in [1.165, 1.54) is 0 Å². The Bertz CT molecular complexity index is 674. The number of nitrogens with zero attached hydrogens (tertiary/aromatic N) is 1. The van der Waals surface area contributed by atoms with E-state index in [1.54, 1.807) is 29.2 Å². The van der Waals surface area contributed by atoms with Gasteiger partial charge in [0.2, 0.25) is 0 Å². The van der Waals surface area contributed by atoms with E-state index in [0.717, 1.165) is 5.56 Å². The van der Waals surface area contributed by atoms with Crippen molar-refractivity contribution in [1.82, 2.24) is 4.90 Å². The number of urea groups is 1. The minimum Gasteiger partial charge on any atom is -0.370 e. The van der Waals surface area contributed by atoms with Crippen molar-refractivity contribution in [3.63, 3.8) is 0 Å². The number of carbonyl (C=O) groups is 1. The van der Waals surface area contributed by atoms with Gasteiger partial charge in [-0.1, -0.05) is 35.3 Å². The number of morpholine rings is 1. The van der Waals surface area contributed by atoms with E-state index >= 15 is 0 Å². The van der Waals surface area contributed by atoms with Crippen molar-refractivity contribution in [1.29, 1.82) is 0 Å². The van der Waals surface area contributed by atoms with Gasteiger partial charge in [0.1, 0.15) is 6.10 Å². The van der Waals surface area contributed by atoms with Gasteiger partial charge < -0.3 is 15.0 Å². The molecule has 0 radical (unpaired) electrons. The molecule has 1 N–H and O–H groups in total. The van der Waals surface area contributed by atoms with Crippen LogP contribution in [0.5, 0.6) is 0 Å². The molecule has 1 saturated heterocycles. The van der Waals surface area contributed by atoms with Crippen molar-refractivity contribution in [2.24, 2.45) is 0 Å². The van der Waals surface area contributed by atoms with Crippen LogP contribution in [0.1, 0.15) is 11.7 Å². The first-order valence-electron chi connectivity index (χ1n) is 7.30. The lowest BCUT2D eigenvalue weighted by atomic mass is 10.1. The molecular weight excluding hydrogens is 335 g/mol. The maximum absolute atomic E-state index is 12.4. The van der Waals surface area contributed by atoms with E-state index in [0.29, 0.717) is 35.4 Å². The third-order valence-electron chi connectivity index (χ3n) is 3.69. The monoisotopic (exact) mass is 350 g/mol. The Morgan fingerprint density at radius 1 is 1.04 bits per heavy atom. The first-order chi connectivity index (χ1) is 11.1. The Hall–Kier alpha value is -1.75. The lowest BCUT2D eigenvalue weighted by Gasteiger charge is -2.33. The molecule has 1 aliphatic rings. The molecular formula is C17H16Cl2N2O2. The summed E-state index contributed by atoms with van der Waals surface area (Å²) in [6.45, 7) is 1.56. The molecule has 1 atom stereocenters. The molecule has 1 unspecified atom stereocenters. The van der Waals surface area contributed by atoms with E-state index in [9.17, 15) is 4.79 Å². The van der Waals surface area contributed by atoms with Crippen LogP contribution in [0.4, 0.5) is 10.5 Å². The highest BCUT2D eigenvalue weighted by Crippen LogP contribution is 2.24. The molecule has 0 bridgehead atoms. The van der Waals surface area contributed by atoms with Gasteiger partial charge in [0, 0.05) is 22.3 Å². The molecule has 2 amide bonds. The fourth-order valence-corrected chi connectivity index (χ4v) is 2.70. The standard InChI is InChI=1S/C17H16Cl2N2O2/c18-13-3-1-12(2-4-13)16-11-21(9-10-23-16)17(22)20-15-7-5-14(19)6-8-15/h1-8,16H,9-11H2,(H,20,22). The smallest absolute Gasteiger partial charge is 0.322 e. The quantitative estimate of drug-likeness (QED) is 0.859. The maximum Gasteiger partial charge on any atom is 0.322 e. The van der Waals surface area contributed by atoms with Crippen molar-refractivity contribution in [3.8, 4) is 0 Å². The molecule has 2 aromatic rings. The number of carbonyl (C=O) groups excluding carboxylic acids is 1. The predicted octanol–water partition coefficient (Wildman–Crippen LogP) is 4.60. The summed E-state index contributed by atoms with van der Waals surface area (Å²) in [5.41, 5.74) is 1.73. The van der Waals surface area contributed by atoms with Gasteiger partial charge in [-0.3, -0.25) is 0 Å².